The Kier molecular flexibility index (Phi) is 23.7. The zero-order valence-electron chi connectivity index (χ0n) is 42.3. The fourth-order valence-corrected chi connectivity index (χ4v) is 10.2. The molecule has 0 aliphatic carbocycles. The maximum atomic E-state index is 12.8. The number of imide groups is 2. The Balaban J connectivity index is 0.000000268. The molecule has 0 bridgehead atoms. The molecule has 0 fully saturated rings. The average Bonchev–Trinajstić information content (AvgIpc) is 3.77. The zero-order valence-corrected chi connectivity index (χ0v) is 43.4. The number of methoxy groups -OCH3 is 2. The predicted molar refractivity (Wildman–Crippen MR) is 274 cm³/mol. The van der Waals surface area contributed by atoms with Gasteiger partial charge in [-0.2, -0.15) is 0 Å². The van der Waals surface area contributed by atoms with Gasteiger partial charge in [0.2, 0.25) is 0 Å². The van der Waals surface area contributed by atoms with Crippen molar-refractivity contribution in [2.24, 2.45) is 0 Å². The van der Waals surface area contributed by atoms with Crippen molar-refractivity contribution in [1.29, 1.82) is 0 Å². The van der Waals surface area contributed by atoms with E-state index in [9.17, 15) is 33.6 Å². The van der Waals surface area contributed by atoms with Crippen molar-refractivity contribution in [2.75, 3.05) is 40.5 Å². The van der Waals surface area contributed by atoms with Crippen LogP contribution in [0.1, 0.15) is 154 Å². The van der Waals surface area contributed by atoms with E-state index >= 15 is 0 Å². The van der Waals surface area contributed by atoms with Crippen molar-refractivity contribution in [3.8, 4) is 11.5 Å². The fourth-order valence-electron chi connectivity index (χ4n) is 8.47. The van der Waals surface area contributed by atoms with Gasteiger partial charge in [0.1, 0.15) is 11.5 Å². The molecule has 0 saturated carbocycles. The number of ether oxygens (including phenoxy) is 4. The third kappa shape index (κ3) is 16.1. The minimum Gasteiger partial charge on any atom is -0.496 e. The van der Waals surface area contributed by atoms with E-state index in [1.807, 2.05) is 18.2 Å². The molecule has 4 aromatic rings. The molecule has 0 saturated heterocycles. The molecule has 13 nitrogen and oxygen atoms in total. The first-order valence-corrected chi connectivity index (χ1v) is 27.4. The van der Waals surface area contributed by atoms with Crippen LogP contribution in [0.5, 0.6) is 11.5 Å². The van der Waals surface area contributed by atoms with Crippen LogP contribution in [0, 0.1) is 0 Å². The maximum absolute atomic E-state index is 12.8. The second-order valence-electron chi connectivity index (χ2n) is 17.2. The number of aryl methyl sites for hydroxylation is 3. The van der Waals surface area contributed by atoms with Crippen molar-refractivity contribution >= 4 is 50.1 Å². The molecule has 6 rings (SSSR count). The molecule has 4 amide bonds. The number of carbonyl (C=O) groups excluding carboxylic acids is 7. The van der Waals surface area contributed by atoms with Gasteiger partial charge in [-0.3, -0.25) is 43.4 Å². The van der Waals surface area contributed by atoms with E-state index in [4.69, 9.17) is 18.9 Å². The number of carbonyl (C=O) groups is 7. The summed E-state index contributed by atoms with van der Waals surface area (Å²) in [7, 11) is 2.99. The first-order chi connectivity index (χ1) is 33.8. The van der Waals surface area contributed by atoms with Gasteiger partial charge < -0.3 is 18.9 Å². The van der Waals surface area contributed by atoms with Crippen molar-refractivity contribution in [3.63, 3.8) is 0 Å². The van der Waals surface area contributed by atoms with Crippen LogP contribution in [0.25, 0.3) is 0 Å². The van der Waals surface area contributed by atoms with E-state index in [2.05, 4.69) is 26.8 Å². The zero-order chi connectivity index (χ0) is 51.0. The monoisotopic (exact) mass is 976 g/mol. The quantitative estimate of drug-likeness (QED) is 0.0204. The molecule has 0 spiro atoms. The maximum Gasteiger partial charge on any atom is 0.306 e. The summed E-state index contributed by atoms with van der Waals surface area (Å²) in [6.45, 7) is 12.0. The minimum atomic E-state index is -0.284. The highest BCUT2D eigenvalue weighted by Crippen LogP contribution is 2.27. The lowest BCUT2D eigenvalue weighted by Crippen LogP contribution is -2.30. The molecule has 2 heterocycles. The Bertz CT molecular complexity index is 2340. The third-order valence-electron chi connectivity index (χ3n) is 12.6. The highest BCUT2D eigenvalue weighted by molar-refractivity contribution is 6.58. The highest BCUT2D eigenvalue weighted by atomic mass is 28.3. The molecule has 2 aliphatic heterocycles. The SMILES string of the molecule is CCOC(=O)CCc1ccc(OC)c(C(=O)CCCCN2C(=O)c3ccccc3C2=O)c1.CCOC(=O)CCc1ccc(OC)c(CCCCCN2C(=O)c3ccccc3C2=O)c1.CC[SiH](CC)CC. The van der Waals surface area contributed by atoms with E-state index < -0.39 is 0 Å². The van der Waals surface area contributed by atoms with Crippen LogP contribution in [0.15, 0.2) is 84.9 Å². The van der Waals surface area contributed by atoms with Gasteiger partial charge in [-0.1, -0.05) is 87.8 Å². The first-order valence-electron chi connectivity index (χ1n) is 24.9. The van der Waals surface area contributed by atoms with Crippen molar-refractivity contribution in [1.82, 2.24) is 9.80 Å². The van der Waals surface area contributed by atoms with Gasteiger partial charge in [0.25, 0.3) is 23.6 Å². The minimum absolute atomic E-state index is 0.0813. The number of rotatable bonds is 25. The number of benzene rings is 4. The number of ketones is 1. The van der Waals surface area contributed by atoms with Crippen molar-refractivity contribution < 1.29 is 52.5 Å². The molecular formula is C56H72N2O11Si. The van der Waals surface area contributed by atoms with Gasteiger partial charge in [0.05, 0.1) is 55.3 Å². The second-order valence-corrected chi connectivity index (χ2v) is 21.4. The van der Waals surface area contributed by atoms with E-state index in [1.165, 1.54) is 35.0 Å². The Morgan fingerprint density at radius 3 is 1.33 bits per heavy atom. The fraction of sp³-hybridized carbons (Fsp3) is 0.446. The number of nitrogens with zero attached hydrogens (tertiary/aromatic N) is 2. The summed E-state index contributed by atoms with van der Waals surface area (Å²) in [6.07, 6.45) is 6.44. The number of unbranched alkanes of at least 4 members (excludes halogenated alkanes) is 3. The van der Waals surface area contributed by atoms with E-state index in [0.29, 0.717) is 85.4 Å². The highest BCUT2D eigenvalue weighted by Gasteiger charge is 2.35. The van der Waals surface area contributed by atoms with Gasteiger partial charge in [-0.25, -0.2) is 0 Å². The van der Waals surface area contributed by atoms with Gasteiger partial charge in [-0.05, 0) is 118 Å². The van der Waals surface area contributed by atoms with Crippen LogP contribution < -0.4 is 9.47 Å². The summed E-state index contributed by atoms with van der Waals surface area (Å²) in [4.78, 5) is 88.3. The summed E-state index contributed by atoms with van der Waals surface area (Å²) in [6, 6.07) is 29.5. The van der Waals surface area contributed by atoms with Crippen molar-refractivity contribution in [3.05, 3.63) is 129 Å². The lowest BCUT2D eigenvalue weighted by molar-refractivity contribution is -0.144. The molecule has 14 heteroatoms. The number of hydrogen-bond donors (Lipinski definition) is 0. The Morgan fingerprint density at radius 2 is 0.914 bits per heavy atom. The van der Waals surface area contributed by atoms with Crippen LogP contribution in [0.4, 0.5) is 0 Å². The number of Topliss-reactive ketones (excluding diaryl/α,β-unsaturated/α-hetero) is 1. The van der Waals surface area contributed by atoms with Crippen molar-refractivity contribution in [2.45, 2.75) is 123 Å². The summed E-state index contributed by atoms with van der Waals surface area (Å²) >= 11 is 0. The first kappa shape index (κ1) is 56.2. The lowest BCUT2D eigenvalue weighted by Gasteiger charge is -2.14. The number of amides is 4. The molecule has 2 aliphatic rings. The van der Waals surface area contributed by atoms with Crippen LogP contribution in [-0.4, -0.2) is 100 Å². The number of esters is 2. The van der Waals surface area contributed by atoms with Gasteiger partial charge >= 0.3 is 11.9 Å². The molecule has 0 unspecified atom stereocenters. The Hall–Kier alpha value is -6.41. The second kappa shape index (κ2) is 29.6. The van der Waals surface area contributed by atoms with Gasteiger partial charge in [-0.15, -0.1) is 0 Å². The molecule has 0 N–H and O–H groups in total. The Labute approximate surface area is 415 Å². The molecule has 0 atom stereocenters. The van der Waals surface area contributed by atoms with Crippen LogP contribution in [0.2, 0.25) is 18.1 Å². The molecular weight excluding hydrogens is 905 g/mol. The van der Waals surface area contributed by atoms with Crippen LogP contribution in [-0.2, 0) is 38.3 Å². The number of hydrogen-bond acceptors (Lipinski definition) is 11. The topological polar surface area (TPSA) is 163 Å². The molecule has 0 radical (unpaired) electrons. The molecule has 376 valence electrons. The van der Waals surface area contributed by atoms with Gasteiger partial charge in [0.15, 0.2) is 5.78 Å². The molecule has 70 heavy (non-hydrogen) atoms. The summed E-state index contributed by atoms with van der Waals surface area (Å²) < 4.78 is 20.7. The normalized spacial score (nSPS) is 12.5. The predicted octanol–water partition coefficient (Wildman–Crippen LogP) is 10.3. The van der Waals surface area contributed by atoms with Crippen LogP contribution >= 0.6 is 0 Å². The summed E-state index contributed by atoms with van der Waals surface area (Å²) in [5.41, 5.74) is 5.35. The molecule has 4 aromatic carbocycles. The summed E-state index contributed by atoms with van der Waals surface area (Å²) in [5, 5.41) is 0. The van der Waals surface area contributed by atoms with Crippen LogP contribution in [0.3, 0.4) is 0 Å². The van der Waals surface area contributed by atoms with E-state index in [-0.39, 0.29) is 69.5 Å². The Morgan fingerprint density at radius 1 is 0.486 bits per heavy atom. The smallest absolute Gasteiger partial charge is 0.306 e. The lowest BCUT2D eigenvalue weighted by atomic mass is 10.00. The summed E-state index contributed by atoms with van der Waals surface area (Å²) in [5.74, 6) is -0.191. The largest absolute Gasteiger partial charge is 0.496 e. The third-order valence-corrected chi connectivity index (χ3v) is 16.1. The van der Waals surface area contributed by atoms with E-state index in [1.54, 1.807) is 81.6 Å². The van der Waals surface area contributed by atoms with E-state index in [0.717, 1.165) is 48.1 Å². The molecule has 0 aromatic heterocycles. The number of fused-ring (bicyclic) bond motifs is 2. The average molecular weight is 977 g/mol. The standard InChI is InChI=1S/C25H27NO6.C25H29NO5.C6H16Si/c1-3-32-23(28)14-12-17-11-13-22(31-2)20(16-17)21(27)10-6-7-15-26-24(29)18-8-4-5-9-19(18)25(26)30;1-3-31-23(27)15-13-18-12-14-22(30-2)19(17-18)9-5-4-8-16-26-24(28)20-10-6-7-11-21(20)25(26)29;1-4-7(5-2)6-3/h4-5,8-9,11,13,16H,3,6-7,10,12,14-15H2,1-2H3;6-7,10-12,14,17H,3-5,8-9,13,15-16H2,1-2H3;7H,4-6H2,1-3H3. The van der Waals surface area contributed by atoms with Gasteiger partial charge in [0, 0.05) is 41.1 Å².